The maximum atomic E-state index is 12.0. The highest BCUT2D eigenvalue weighted by Crippen LogP contribution is 2.17. The van der Waals surface area contributed by atoms with Crippen molar-refractivity contribution < 1.29 is 8.42 Å². The molecule has 0 bridgehead atoms. The van der Waals surface area contributed by atoms with E-state index in [0.29, 0.717) is 17.3 Å². The Morgan fingerprint density at radius 2 is 2.16 bits per heavy atom. The Morgan fingerprint density at radius 1 is 1.47 bits per heavy atom. The molecular weight excluding hydrogens is 282 g/mol. The molecular formula is C12H15N3O2S2. The Kier molecular flexibility index (Phi) is 5.30. The second-order valence-electron chi connectivity index (χ2n) is 3.83. The lowest BCUT2D eigenvalue weighted by Crippen LogP contribution is -2.28. The molecule has 102 valence electrons. The van der Waals surface area contributed by atoms with Gasteiger partial charge in [-0.25, -0.2) is 12.7 Å². The zero-order valence-corrected chi connectivity index (χ0v) is 12.3. The molecule has 0 atom stereocenters. The third-order valence-electron chi connectivity index (χ3n) is 2.22. The van der Waals surface area contributed by atoms with Gasteiger partial charge in [0.1, 0.15) is 0 Å². The maximum absolute atomic E-state index is 12.0. The lowest BCUT2D eigenvalue weighted by atomic mass is 10.3. The summed E-state index contributed by atoms with van der Waals surface area (Å²) in [5.74, 6) is 2.39. The largest absolute Gasteiger partial charge is 0.352 e. The molecule has 1 aromatic rings. The molecule has 0 aliphatic carbocycles. The average Bonchev–Trinajstić information content (AvgIpc) is 2.36. The molecule has 0 aliphatic rings. The van der Waals surface area contributed by atoms with Crippen molar-refractivity contribution in [2.24, 2.45) is 0 Å². The van der Waals surface area contributed by atoms with Gasteiger partial charge >= 0.3 is 0 Å². The molecule has 0 radical (unpaired) electrons. The summed E-state index contributed by atoms with van der Waals surface area (Å²) >= 11 is 5.01. The van der Waals surface area contributed by atoms with E-state index in [-0.39, 0.29) is 4.90 Å². The summed E-state index contributed by atoms with van der Waals surface area (Å²) in [6.07, 6.45) is 5.10. The second-order valence-corrected chi connectivity index (χ2v) is 6.39. The highest BCUT2D eigenvalue weighted by Gasteiger charge is 2.17. The fourth-order valence-electron chi connectivity index (χ4n) is 1.25. The van der Waals surface area contributed by atoms with Gasteiger partial charge in [0.15, 0.2) is 5.11 Å². The van der Waals surface area contributed by atoms with Crippen LogP contribution in [0.3, 0.4) is 0 Å². The summed E-state index contributed by atoms with van der Waals surface area (Å²) in [6, 6.07) is 6.40. The van der Waals surface area contributed by atoms with Crippen LogP contribution >= 0.6 is 12.2 Å². The summed E-state index contributed by atoms with van der Waals surface area (Å²) in [6.45, 7) is 0.307. The molecule has 0 heterocycles. The van der Waals surface area contributed by atoms with Gasteiger partial charge in [0.05, 0.1) is 11.4 Å². The van der Waals surface area contributed by atoms with E-state index in [2.05, 4.69) is 16.6 Å². The third-order valence-corrected chi connectivity index (χ3v) is 4.28. The normalized spacial score (nSPS) is 10.8. The van der Waals surface area contributed by atoms with Crippen LogP contribution in [0.5, 0.6) is 0 Å². The van der Waals surface area contributed by atoms with E-state index in [1.807, 2.05) is 0 Å². The van der Waals surface area contributed by atoms with E-state index in [1.165, 1.54) is 26.2 Å². The first-order valence-electron chi connectivity index (χ1n) is 5.39. The van der Waals surface area contributed by atoms with Gasteiger partial charge in [-0.1, -0.05) is 12.0 Å². The maximum Gasteiger partial charge on any atom is 0.242 e. The van der Waals surface area contributed by atoms with Crippen molar-refractivity contribution in [1.29, 1.82) is 0 Å². The lowest BCUT2D eigenvalue weighted by Gasteiger charge is -2.13. The minimum Gasteiger partial charge on any atom is -0.352 e. The average molecular weight is 297 g/mol. The van der Waals surface area contributed by atoms with Crippen LogP contribution in [0.25, 0.3) is 0 Å². The summed E-state index contributed by atoms with van der Waals surface area (Å²) < 4.78 is 25.1. The van der Waals surface area contributed by atoms with E-state index >= 15 is 0 Å². The first kappa shape index (κ1) is 15.4. The minimum absolute atomic E-state index is 0.197. The molecule has 0 aromatic heterocycles. The van der Waals surface area contributed by atoms with Gasteiger partial charge in [-0.3, -0.25) is 0 Å². The van der Waals surface area contributed by atoms with Crippen molar-refractivity contribution in [3.05, 3.63) is 24.3 Å². The number of rotatable bonds is 4. The van der Waals surface area contributed by atoms with Crippen molar-refractivity contribution in [3.8, 4) is 12.3 Å². The number of hydrogen-bond donors (Lipinski definition) is 2. The van der Waals surface area contributed by atoms with Crippen molar-refractivity contribution in [1.82, 2.24) is 9.62 Å². The van der Waals surface area contributed by atoms with Crippen molar-refractivity contribution >= 4 is 33.0 Å². The predicted molar refractivity (Wildman–Crippen MR) is 80.4 cm³/mol. The molecule has 0 unspecified atom stereocenters. The fourth-order valence-corrected chi connectivity index (χ4v) is 2.39. The van der Waals surface area contributed by atoms with Crippen LogP contribution in [-0.2, 0) is 10.0 Å². The van der Waals surface area contributed by atoms with Gasteiger partial charge < -0.3 is 10.6 Å². The summed E-state index contributed by atoms with van der Waals surface area (Å²) in [4.78, 5) is 0.197. The number of anilines is 1. The standard InChI is InChI=1S/C12H15N3O2S2/c1-4-8-13-12(18)14-10-6-5-7-11(9-10)19(16,17)15(2)3/h1,5-7,9H,8H2,2-3H3,(H2,13,14,18). The van der Waals surface area contributed by atoms with Crippen LogP contribution in [0.1, 0.15) is 0 Å². The number of thiocarbonyl (C=S) groups is 1. The monoisotopic (exact) mass is 297 g/mol. The number of benzene rings is 1. The van der Waals surface area contributed by atoms with Gasteiger partial charge in [0.25, 0.3) is 0 Å². The van der Waals surface area contributed by atoms with Crippen molar-refractivity contribution in [3.63, 3.8) is 0 Å². The van der Waals surface area contributed by atoms with E-state index < -0.39 is 10.0 Å². The Hall–Kier alpha value is -1.62. The highest BCUT2D eigenvalue weighted by atomic mass is 32.2. The molecule has 0 saturated carbocycles. The quantitative estimate of drug-likeness (QED) is 0.637. The number of hydrogen-bond acceptors (Lipinski definition) is 3. The van der Waals surface area contributed by atoms with Crippen molar-refractivity contribution in [2.75, 3.05) is 26.0 Å². The Morgan fingerprint density at radius 3 is 2.74 bits per heavy atom. The van der Waals surface area contributed by atoms with E-state index in [4.69, 9.17) is 18.6 Å². The SMILES string of the molecule is C#CCNC(=S)Nc1cccc(S(=O)(=O)N(C)C)c1. The number of sulfonamides is 1. The molecule has 0 amide bonds. The number of nitrogens with zero attached hydrogens (tertiary/aromatic N) is 1. The smallest absolute Gasteiger partial charge is 0.242 e. The Bertz CT molecular complexity index is 604. The van der Waals surface area contributed by atoms with Gasteiger partial charge in [-0.2, -0.15) is 0 Å². The van der Waals surface area contributed by atoms with Gasteiger partial charge in [0.2, 0.25) is 10.0 Å². The Balaban J connectivity index is 2.90. The minimum atomic E-state index is -3.45. The molecule has 5 nitrogen and oxygen atoms in total. The van der Waals surface area contributed by atoms with Crippen LogP contribution in [0.2, 0.25) is 0 Å². The topological polar surface area (TPSA) is 61.4 Å². The molecule has 7 heteroatoms. The summed E-state index contributed by atoms with van der Waals surface area (Å²) in [5.41, 5.74) is 0.581. The van der Waals surface area contributed by atoms with Crippen LogP contribution < -0.4 is 10.6 Å². The Labute approximate surface area is 119 Å². The second kappa shape index (κ2) is 6.52. The van der Waals surface area contributed by atoms with Crippen LogP contribution in [-0.4, -0.2) is 38.5 Å². The lowest BCUT2D eigenvalue weighted by molar-refractivity contribution is 0.521. The number of nitrogens with one attached hydrogen (secondary N) is 2. The van der Waals surface area contributed by atoms with E-state index in [9.17, 15) is 8.42 Å². The zero-order chi connectivity index (χ0) is 14.5. The van der Waals surface area contributed by atoms with E-state index in [1.54, 1.807) is 12.1 Å². The first-order valence-corrected chi connectivity index (χ1v) is 7.23. The van der Waals surface area contributed by atoms with Gasteiger partial charge in [0, 0.05) is 19.8 Å². The zero-order valence-electron chi connectivity index (χ0n) is 10.7. The van der Waals surface area contributed by atoms with Crippen LogP contribution in [0.15, 0.2) is 29.2 Å². The highest BCUT2D eigenvalue weighted by molar-refractivity contribution is 7.89. The number of terminal acetylenes is 1. The fraction of sp³-hybridized carbons (Fsp3) is 0.250. The van der Waals surface area contributed by atoms with Crippen LogP contribution in [0.4, 0.5) is 5.69 Å². The van der Waals surface area contributed by atoms with Crippen LogP contribution in [0, 0.1) is 12.3 Å². The van der Waals surface area contributed by atoms with Gasteiger partial charge in [-0.05, 0) is 30.4 Å². The molecule has 0 fully saturated rings. The molecule has 0 spiro atoms. The first-order chi connectivity index (χ1) is 8.87. The summed E-state index contributed by atoms with van der Waals surface area (Å²) in [7, 11) is -0.493. The predicted octanol–water partition coefficient (Wildman–Crippen LogP) is 0.856. The summed E-state index contributed by atoms with van der Waals surface area (Å²) in [5, 5.41) is 6.00. The molecule has 0 saturated heterocycles. The molecule has 0 aliphatic heterocycles. The molecule has 1 rings (SSSR count). The third kappa shape index (κ3) is 4.21. The van der Waals surface area contributed by atoms with E-state index in [0.717, 1.165) is 4.31 Å². The molecule has 19 heavy (non-hydrogen) atoms. The van der Waals surface area contributed by atoms with Gasteiger partial charge in [-0.15, -0.1) is 6.42 Å². The van der Waals surface area contributed by atoms with Crippen molar-refractivity contribution in [2.45, 2.75) is 4.90 Å². The molecule has 2 N–H and O–H groups in total. The molecule has 1 aromatic carbocycles.